The number of anilines is 1. The minimum Gasteiger partial charge on any atom is -0.497 e. The second kappa shape index (κ2) is 6.99. The topological polar surface area (TPSA) is 47.6 Å². The molecular formula is C16H16ClNO3. The van der Waals surface area contributed by atoms with Crippen molar-refractivity contribution in [2.45, 2.75) is 5.38 Å². The Morgan fingerprint density at radius 3 is 2.43 bits per heavy atom. The van der Waals surface area contributed by atoms with Gasteiger partial charge in [0.15, 0.2) is 0 Å². The zero-order chi connectivity index (χ0) is 15.2. The van der Waals surface area contributed by atoms with Crippen LogP contribution in [0, 0.1) is 0 Å². The Morgan fingerprint density at radius 1 is 1.10 bits per heavy atom. The Bertz CT molecular complexity index is 616. The normalized spacial score (nSPS) is 11.6. The van der Waals surface area contributed by atoms with E-state index in [1.54, 1.807) is 25.3 Å². The summed E-state index contributed by atoms with van der Waals surface area (Å²) in [6, 6.07) is 14.3. The molecule has 110 valence electrons. The van der Waals surface area contributed by atoms with Gasteiger partial charge in [0.2, 0.25) is 5.91 Å². The third kappa shape index (κ3) is 3.67. The number of nitrogens with one attached hydrogen (secondary N) is 1. The first-order chi connectivity index (χ1) is 10.2. The number of ether oxygens (including phenoxy) is 2. The summed E-state index contributed by atoms with van der Waals surface area (Å²) in [7, 11) is 3.09. The van der Waals surface area contributed by atoms with Crippen LogP contribution >= 0.6 is 11.6 Å². The summed E-state index contributed by atoms with van der Waals surface area (Å²) in [6.45, 7) is 0. The first-order valence-corrected chi connectivity index (χ1v) is 6.81. The molecule has 0 radical (unpaired) electrons. The van der Waals surface area contributed by atoms with E-state index in [0.717, 1.165) is 5.56 Å². The Hall–Kier alpha value is -2.20. The molecule has 2 aromatic carbocycles. The van der Waals surface area contributed by atoms with Crippen molar-refractivity contribution in [3.8, 4) is 11.5 Å². The smallest absolute Gasteiger partial charge is 0.247 e. The van der Waals surface area contributed by atoms with E-state index in [2.05, 4.69) is 5.32 Å². The molecule has 0 heterocycles. The second-order valence-electron chi connectivity index (χ2n) is 4.33. The van der Waals surface area contributed by atoms with Crippen LogP contribution in [0.15, 0.2) is 48.5 Å². The van der Waals surface area contributed by atoms with E-state index in [1.165, 1.54) is 7.11 Å². The lowest BCUT2D eigenvalue weighted by Gasteiger charge is -2.14. The molecule has 0 saturated heterocycles. The van der Waals surface area contributed by atoms with Gasteiger partial charge in [0.25, 0.3) is 0 Å². The van der Waals surface area contributed by atoms with Crippen LogP contribution in [-0.2, 0) is 4.79 Å². The number of hydrogen-bond donors (Lipinski definition) is 1. The molecule has 21 heavy (non-hydrogen) atoms. The molecule has 0 aromatic heterocycles. The third-order valence-corrected chi connectivity index (χ3v) is 3.44. The molecule has 0 aliphatic carbocycles. The SMILES string of the molecule is COc1ccc(NC(=O)C(Cl)c2ccccc2)c(OC)c1. The maximum absolute atomic E-state index is 12.2. The van der Waals surface area contributed by atoms with E-state index in [1.807, 2.05) is 30.3 Å². The first kappa shape index (κ1) is 15.2. The molecule has 0 aliphatic heterocycles. The molecule has 0 bridgehead atoms. The van der Waals surface area contributed by atoms with Crippen molar-refractivity contribution in [3.05, 3.63) is 54.1 Å². The highest BCUT2D eigenvalue weighted by Gasteiger charge is 2.19. The Morgan fingerprint density at radius 2 is 1.81 bits per heavy atom. The van der Waals surface area contributed by atoms with Gasteiger partial charge in [-0.25, -0.2) is 0 Å². The van der Waals surface area contributed by atoms with Gasteiger partial charge in [0.1, 0.15) is 16.9 Å². The van der Waals surface area contributed by atoms with Crippen LogP contribution in [0.2, 0.25) is 0 Å². The molecule has 1 atom stereocenters. The summed E-state index contributed by atoms with van der Waals surface area (Å²) >= 11 is 6.18. The number of carbonyl (C=O) groups excluding carboxylic acids is 1. The van der Waals surface area contributed by atoms with Gasteiger partial charge < -0.3 is 14.8 Å². The van der Waals surface area contributed by atoms with E-state index in [0.29, 0.717) is 17.2 Å². The lowest BCUT2D eigenvalue weighted by atomic mass is 10.1. The number of hydrogen-bond acceptors (Lipinski definition) is 3. The van der Waals surface area contributed by atoms with E-state index in [-0.39, 0.29) is 5.91 Å². The molecule has 1 unspecified atom stereocenters. The third-order valence-electron chi connectivity index (χ3n) is 2.99. The number of carbonyl (C=O) groups is 1. The standard InChI is InChI=1S/C16H16ClNO3/c1-20-12-8-9-13(14(10-12)21-2)18-16(19)15(17)11-6-4-3-5-7-11/h3-10,15H,1-2H3,(H,18,19). The molecule has 1 amide bonds. The largest absolute Gasteiger partial charge is 0.497 e. The van der Waals surface area contributed by atoms with Gasteiger partial charge in [-0.15, -0.1) is 11.6 Å². The molecular weight excluding hydrogens is 290 g/mol. The summed E-state index contributed by atoms with van der Waals surface area (Å²) in [6.07, 6.45) is 0. The van der Waals surface area contributed by atoms with Crippen LogP contribution in [0.5, 0.6) is 11.5 Å². The van der Waals surface area contributed by atoms with E-state index in [4.69, 9.17) is 21.1 Å². The Labute approximate surface area is 128 Å². The van der Waals surface area contributed by atoms with Gasteiger partial charge >= 0.3 is 0 Å². The molecule has 1 N–H and O–H groups in total. The fourth-order valence-corrected chi connectivity index (χ4v) is 2.07. The number of alkyl halides is 1. The van der Waals surface area contributed by atoms with Gasteiger partial charge in [-0.2, -0.15) is 0 Å². The summed E-state index contributed by atoms with van der Waals surface area (Å²) < 4.78 is 10.4. The molecule has 5 heteroatoms. The molecule has 0 fully saturated rings. The van der Waals surface area contributed by atoms with E-state index < -0.39 is 5.38 Å². The summed E-state index contributed by atoms with van der Waals surface area (Å²) in [5.74, 6) is 0.848. The Kier molecular flexibility index (Phi) is 5.06. The summed E-state index contributed by atoms with van der Waals surface area (Å²) in [4.78, 5) is 12.2. The lowest BCUT2D eigenvalue weighted by Crippen LogP contribution is -2.17. The van der Waals surface area contributed by atoms with Crippen molar-refractivity contribution < 1.29 is 14.3 Å². The quantitative estimate of drug-likeness (QED) is 0.858. The number of benzene rings is 2. The van der Waals surface area contributed by atoms with Crippen molar-refractivity contribution in [1.29, 1.82) is 0 Å². The first-order valence-electron chi connectivity index (χ1n) is 6.37. The minimum absolute atomic E-state index is 0.314. The van der Waals surface area contributed by atoms with Crippen molar-refractivity contribution in [2.24, 2.45) is 0 Å². The molecule has 0 spiro atoms. The average molecular weight is 306 g/mol. The monoisotopic (exact) mass is 305 g/mol. The van der Waals surface area contributed by atoms with Crippen LogP contribution in [0.3, 0.4) is 0 Å². The van der Waals surface area contributed by atoms with Gasteiger partial charge in [-0.3, -0.25) is 4.79 Å². The zero-order valence-electron chi connectivity index (χ0n) is 11.8. The van der Waals surface area contributed by atoms with Gasteiger partial charge in [-0.1, -0.05) is 30.3 Å². The Balaban J connectivity index is 2.16. The minimum atomic E-state index is -0.766. The summed E-state index contributed by atoms with van der Waals surface area (Å²) in [5, 5.41) is 1.99. The van der Waals surface area contributed by atoms with Gasteiger partial charge in [0.05, 0.1) is 19.9 Å². The number of halogens is 1. The average Bonchev–Trinajstić information content (AvgIpc) is 2.55. The van der Waals surface area contributed by atoms with Crippen LogP contribution < -0.4 is 14.8 Å². The predicted molar refractivity (Wildman–Crippen MR) is 83.2 cm³/mol. The predicted octanol–water partition coefficient (Wildman–Crippen LogP) is 3.62. The fraction of sp³-hybridized carbons (Fsp3) is 0.188. The van der Waals surface area contributed by atoms with Crippen LogP contribution in [0.1, 0.15) is 10.9 Å². The zero-order valence-corrected chi connectivity index (χ0v) is 12.6. The van der Waals surface area contributed by atoms with Gasteiger partial charge in [0, 0.05) is 6.07 Å². The molecule has 0 saturated carbocycles. The van der Waals surface area contributed by atoms with Gasteiger partial charge in [-0.05, 0) is 17.7 Å². The number of methoxy groups -OCH3 is 2. The molecule has 4 nitrogen and oxygen atoms in total. The highest BCUT2D eigenvalue weighted by atomic mass is 35.5. The lowest BCUT2D eigenvalue weighted by molar-refractivity contribution is -0.116. The van der Waals surface area contributed by atoms with Crippen LogP contribution in [0.4, 0.5) is 5.69 Å². The molecule has 0 aliphatic rings. The fourth-order valence-electron chi connectivity index (χ4n) is 1.87. The van der Waals surface area contributed by atoms with Crippen molar-refractivity contribution in [2.75, 3.05) is 19.5 Å². The molecule has 2 aromatic rings. The van der Waals surface area contributed by atoms with Crippen LogP contribution in [0.25, 0.3) is 0 Å². The second-order valence-corrected chi connectivity index (χ2v) is 4.77. The van der Waals surface area contributed by atoms with E-state index >= 15 is 0 Å². The van der Waals surface area contributed by atoms with E-state index in [9.17, 15) is 4.79 Å². The number of rotatable bonds is 5. The van der Waals surface area contributed by atoms with Crippen molar-refractivity contribution in [3.63, 3.8) is 0 Å². The highest BCUT2D eigenvalue weighted by Crippen LogP contribution is 2.30. The summed E-state index contributed by atoms with van der Waals surface area (Å²) in [5.41, 5.74) is 1.29. The van der Waals surface area contributed by atoms with Crippen molar-refractivity contribution in [1.82, 2.24) is 0 Å². The molecule has 2 rings (SSSR count). The maximum atomic E-state index is 12.2. The number of amides is 1. The highest BCUT2D eigenvalue weighted by molar-refractivity contribution is 6.32. The van der Waals surface area contributed by atoms with Crippen molar-refractivity contribution >= 4 is 23.2 Å². The maximum Gasteiger partial charge on any atom is 0.247 e. The van der Waals surface area contributed by atoms with Crippen LogP contribution in [-0.4, -0.2) is 20.1 Å².